The van der Waals surface area contributed by atoms with Gasteiger partial charge >= 0.3 is 11.6 Å². The Labute approximate surface area is 340 Å². The molecule has 0 atom stereocenters. The number of oxazole rings is 1. The van der Waals surface area contributed by atoms with Crippen LogP contribution in [0.25, 0.3) is 11.0 Å². The fourth-order valence-corrected chi connectivity index (χ4v) is 11.6. The van der Waals surface area contributed by atoms with Gasteiger partial charge in [-0.15, -0.1) is 0 Å². The van der Waals surface area contributed by atoms with Crippen LogP contribution in [0.2, 0.25) is 0 Å². The Bertz CT molecular complexity index is 2180. The molecule has 0 aliphatic rings. The Morgan fingerprint density at radius 1 is 0.707 bits per heavy atom. The molecule has 2 N–H and O–H groups in total. The van der Waals surface area contributed by atoms with Gasteiger partial charge in [0.05, 0.1) is 25.8 Å². The maximum Gasteiger partial charge on any atom is 0.336 e. The molecule has 2 aromatic heterocycles. The van der Waals surface area contributed by atoms with Crippen LogP contribution in [0.4, 0.5) is 0 Å². The van der Waals surface area contributed by atoms with E-state index in [1.54, 1.807) is 13.0 Å². The van der Waals surface area contributed by atoms with Crippen molar-refractivity contribution in [3.63, 3.8) is 0 Å². The predicted octanol–water partition coefficient (Wildman–Crippen LogP) is 7.22. The highest BCUT2D eigenvalue weighted by Gasteiger charge is 2.44. The van der Waals surface area contributed by atoms with Crippen molar-refractivity contribution in [2.24, 2.45) is 0 Å². The normalized spacial score (nSPS) is 11.3. The summed E-state index contributed by atoms with van der Waals surface area (Å²) in [5.74, 6) is 1.46. The van der Waals surface area contributed by atoms with Gasteiger partial charge in [-0.05, 0) is 86.7 Å². The van der Waals surface area contributed by atoms with Crippen molar-refractivity contribution in [1.29, 1.82) is 0 Å². The van der Waals surface area contributed by atoms with Gasteiger partial charge in [-0.25, -0.2) is 9.78 Å². The quantitative estimate of drug-likeness (QED) is 0.0418. The van der Waals surface area contributed by atoms with E-state index in [-0.39, 0.29) is 18.2 Å². The minimum Gasteiger partial charge on any atom is -0.493 e. The van der Waals surface area contributed by atoms with Crippen LogP contribution in [0.15, 0.2) is 129 Å². The Hall–Kier alpha value is -5.73. The first-order chi connectivity index (χ1) is 28.4. The Balaban J connectivity index is 0.957. The Morgan fingerprint density at radius 3 is 1.98 bits per heavy atom. The van der Waals surface area contributed by atoms with E-state index < -0.39 is 12.9 Å². The lowest BCUT2D eigenvalue weighted by Crippen LogP contribution is -2.33. The highest BCUT2D eigenvalue weighted by Crippen LogP contribution is 2.55. The molecule has 2 amide bonds. The lowest BCUT2D eigenvalue weighted by Gasteiger charge is -2.27. The molecule has 0 spiro atoms. The summed E-state index contributed by atoms with van der Waals surface area (Å²) in [5, 5.41) is 10.5. The zero-order chi connectivity index (χ0) is 40.6. The third kappa shape index (κ3) is 11.2. The molecular formula is C47H53N3O7P+. The summed E-state index contributed by atoms with van der Waals surface area (Å²) in [7, 11) is -1.98. The Morgan fingerprint density at radius 2 is 1.34 bits per heavy atom. The van der Waals surface area contributed by atoms with E-state index in [9.17, 15) is 14.4 Å². The van der Waals surface area contributed by atoms with E-state index in [2.05, 4.69) is 107 Å². The fourth-order valence-electron chi connectivity index (χ4n) is 7.30. The predicted molar refractivity (Wildman–Crippen MR) is 232 cm³/mol. The number of nitrogens with zero attached hydrogens (tertiary/aromatic N) is 1. The second kappa shape index (κ2) is 21.1. The van der Waals surface area contributed by atoms with E-state index in [0.717, 1.165) is 44.0 Å². The zero-order valence-corrected chi connectivity index (χ0v) is 34.3. The van der Waals surface area contributed by atoms with Gasteiger partial charge in [-0.1, -0.05) is 61.0 Å². The topological polar surface area (TPSA) is 133 Å². The average Bonchev–Trinajstić information content (AvgIpc) is 3.59. The SMILES string of the molecule is CCOc1oc(C)nc1CCCCCC(=O)NCCCNC(=O)Cc1cc(=O)oc2cc(OCCC[P+](c3ccccc3)(c3ccccc3)c3ccccc3)ccc12. The van der Waals surface area contributed by atoms with Gasteiger partial charge in [0.15, 0.2) is 5.89 Å². The van der Waals surface area contributed by atoms with Crippen molar-refractivity contribution in [1.82, 2.24) is 15.6 Å². The molecule has 0 radical (unpaired) electrons. The molecular weight excluding hydrogens is 750 g/mol. The van der Waals surface area contributed by atoms with E-state index in [1.807, 2.05) is 19.1 Å². The van der Waals surface area contributed by atoms with Crippen LogP contribution in [0.3, 0.4) is 0 Å². The van der Waals surface area contributed by atoms with E-state index in [1.165, 1.54) is 22.0 Å². The number of unbranched alkanes of at least 4 members (excludes halogenated alkanes) is 2. The van der Waals surface area contributed by atoms with Gasteiger partial charge in [0, 0.05) is 50.4 Å². The van der Waals surface area contributed by atoms with Gasteiger partial charge in [0.1, 0.15) is 40.2 Å². The molecule has 302 valence electrons. The van der Waals surface area contributed by atoms with Crippen molar-refractivity contribution in [2.75, 3.05) is 32.5 Å². The summed E-state index contributed by atoms with van der Waals surface area (Å²) in [5.41, 5.74) is 1.26. The minimum absolute atomic E-state index is 0.00871. The number of benzene rings is 4. The average molecular weight is 803 g/mol. The lowest BCUT2D eigenvalue weighted by molar-refractivity contribution is -0.121. The highest BCUT2D eigenvalue weighted by molar-refractivity contribution is 7.95. The van der Waals surface area contributed by atoms with Crippen LogP contribution in [0.5, 0.6) is 11.7 Å². The number of aryl methyl sites for hydroxylation is 2. The number of carbonyl (C=O) groups excluding carboxylic acids is 2. The molecule has 0 aliphatic carbocycles. The number of rotatable bonds is 22. The summed E-state index contributed by atoms with van der Waals surface area (Å²) in [6, 6.07) is 39.1. The molecule has 0 aliphatic heterocycles. The second-order valence-electron chi connectivity index (χ2n) is 14.2. The van der Waals surface area contributed by atoms with Crippen molar-refractivity contribution in [2.45, 2.75) is 65.2 Å². The smallest absolute Gasteiger partial charge is 0.336 e. The van der Waals surface area contributed by atoms with Gasteiger partial charge in [0.25, 0.3) is 0 Å². The number of carbonyl (C=O) groups is 2. The second-order valence-corrected chi connectivity index (χ2v) is 17.8. The van der Waals surface area contributed by atoms with Crippen LogP contribution >= 0.6 is 7.26 Å². The van der Waals surface area contributed by atoms with E-state index >= 15 is 0 Å². The Kier molecular flexibility index (Phi) is 15.3. The molecule has 6 rings (SSSR count). The van der Waals surface area contributed by atoms with Crippen LogP contribution in [0.1, 0.15) is 62.6 Å². The summed E-state index contributed by atoms with van der Waals surface area (Å²) in [6.07, 6.45) is 6.08. The van der Waals surface area contributed by atoms with Gasteiger partial charge in [-0.3, -0.25) is 9.59 Å². The molecule has 11 heteroatoms. The monoisotopic (exact) mass is 802 g/mol. The standard InChI is InChI=1S/C47H52N3O7P/c1-3-54-47-42(50-35(2)56-47)24-14-7-15-25-44(51)48-28-16-29-49-45(52)32-36-33-46(53)57-43-34-37(26-27-41(36)43)55-30-17-31-58(38-18-8-4-9-19-38,39-20-10-5-11-21-39)40-22-12-6-13-23-40/h4-6,8-13,18-23,26-27,33-34H,3,7,14-17,24-25,28-32H2,1-2H3,(H-,48,49,51,52)/p+1. The van der Waals surface area contributed by atoms with Crippen LogP contribution in [0, 0.1) is 6.92 Å². The van der Waals surface area contributed by atoms with Crippen molar-refractivity contribution < 1.29 is 27.9 Å². The summed E-state index contributed by atoms with van der Waals surface area (Å²) < 4.78 is 22.8. The fraction of sp³-hybridized carbons (Fsp3) is 0.319. The van der Waals surface area contributed by atoms with Gasteiger partial charge < -0.3 is 28.9 Å². The number of fused-ring (bicyclic) bond motifs is 1. The first-order valence-corrected chi connectivity index (χ1v) is 22.2. The highest BCUT2D eigenvalue weighted by atomic mass is 31.2. The molecule has 0 saturated carbocycles. The molecule has 2 heterocycles. The molecule has 6 aromatic rings. The summed E-state index contributed by atoms with van der Waals surface area (Å²) in [4.78, 5) is 42.2. The molecule has 10 nitrogen and oxygen atoms in total. The number of hydrogen-bond donors (Lipinski definition) is 2. The van der Waals surface area contributed by atoms with Crippen molar-refractivity contribution in [3.8, 4) is 11.7 Å². The number of ether oxygens (including phenoxy) is 2. The lowest BCUT2D eigenvalue weighted by atomic mass is 10.1. The van der Waals surface area contributed by atoms with Crippen molar-refractivity contribution >= 4 is 46.0 Å². The first kappa shape index (κ1) is 41.9. The van der Waals surface area contributed by atoms with Gasteiger partial charge in [0.2, 0.25) is 11.8 Å². The summed E-state index contributed by atoms with van der Waals surface area (Å²) in [6.45, 7) is 5.58. The van der Waals surface area contributed by atoms with Crippen molar-refractivity contribution in [3.05, 3.63) is 143 Å². The minimum atomic E-state index is -1.98. The molecule has 58 heavy (non-hydrogen) atoms. The van der Waals surface area contributed by atoms with E-state index in [4.69, 9.17) is 18.3 Å². The molecule has 4 aromatic carbocycles. The number of amides is 2. The maximum atomic E-state index is 12.9. The molecule has 0 bridgehead atoms. The number of nitrogens with one attached hydrogen (secondary N) is 2. The molecule has 0 unspecified atom stereocenters. The van der Waals surface area contributed by atoms with Gasteiger partial charge in [-0.2, -0.15) is 0 Å². The third-order valence-corrected chi connectivity index (χ3v) is 14.5. The zero-order valence-electron chi connectivity index (χ0n) is 33.4. The van der Waals surface area contributed by atoms with E-state index in [0.29, 0.717) is 73.3 Å². The third-order valence-electron chi connectivity index (χ3n) is 10.0. The molecule has 0 saturated heterocycles. The first-order valence-electron chi connectivity index (χ1n) is 20.2. The maximum absolute atomic E-state index is 12.9. The van der Waals surface area contributed by atoms with Crippen LogP contribution < -0.4 is 41.6 Å². The van der Waals surface area contributed by atoms with Crippen LogP contribution in [-0.4, -0.2) is 49.3 Å². The summed E-state index contributed by atoms with van der Waals surface area (Å²) >= 11 is 0. The number of aromatic nitrogens is 1. The molecule has 0 fully saturated rings. The number of hydrogen-bond acceptors (Lipinski definition) is 8. The largest absolute Gasteiger partial charge is 0.493 e. The van der Waals surface area contributed by atoms with Crippen LogP contribution in [-0.2, 0) is 22.4 Å².